The summed E-state index contributed by atoms with van der Waals surface area (Å²) in [6.45, 7) is 0.0175. The first-order valence-electron chi connectivity index (χ1n) is 6.97. The van der Waals surface area contributed by atoms with Gasteiger partial charge in [-0.15, -0.1) is 11.8 Å². The summed E-state index contributed by atoms with van der Waals surface area (Å²) >= 11 is 1.46. The summed E-state index contributed by atoms with van der Waals surface area (Å²) in [6, 6.07) is 3.60. The Morgan fingerprint density at radius 3 is 2.35 bits per heavy atom. The Kier molecular flexibility index (Phi) is 5.59. The van der Waals surface area contributed by atoms with Crippen molar-refractivity contribution in [2.24, 2.45) is 0 Å². The molecule has 0 bridgehead atoms. The van der Waals surface area contributed by atoms with Crippen LogP contribution in [0.3, 0.4) is 0 Å². The van der Waals surface area contributed by atoms with E-state index in [1.807, 2.05) is 0 Å². The SMILES string of the molecule is CNC(=O)CN1C(=O)CSC1c1cc(OC)c(OC)c(OC)c1. The number of hydrogen-bond acceptors (Lipinski definition) is 6. The van der Waals surface area contributed by atoms with Gasteiger partial charge in [-0.25, -0.2) is 0 Å². The van der Waals surface area contributed by atoms with Crippen LogP contribution in [0.4, 0.5) is 0 Å². The average Bonchev–Trinajstić information content (AvgIpc) is 2.93. The summed E-state index contributed by atoms with van der Waals surface area (Å²) in [5.41, 5.74) is 0.819. The van der Waals surface area contributed by atoms with Crippen LogP contribution in [-0.4, -0.2) is 57.4 Å². The molecule has 0 saturated carbocycles. The molecule has 23 heavy (non-hydrogen) atoms. The number of rotatable bonds is 6. The molecule has 1 aliphatic heterocycles. The first kappa shape index (κ1) is 17.3. The fourth-order valence-electron chi connectivity index (χ4n) is 2.38. The molecule has 8 heteroatoms. The Bertz CT molecular complexity index is 583. The van der Waals surface area contributed by atoms with E-state index < -0.39 is 0 Å². The van der Waals surface area contributed by atoms with Crippen molar-refractivity contribution in [1.82, 2.24) is 10.2 Å². The quantitative estimate of drug-likeness (QED) is 0.834. The van der Waals surface area contributed by atoms with Crippen LogP contribution in [-0.2, 0) is 9.59 Å². The summed E-state index contributed by atoms with van der Waals surface area (Å²) in [6.07, 6.45) is 0. The number of thioether (sulfide) groups is 1. The number of carbonyl (C=O) groups excluding carboxylic acids is 2. The molecule has 1 aromatic rings. The molecule has 1 heterocycles. The molecule has 0 aliphatic carbocycles. The van der Waals surface area contributed by atoms with Gasteiger partial charge >= 0.3 is 0 Å². The normalized spacial score (nSPS) is 17.1. The second kappa shape index (κ2) is 7.45. The fourth-order valence-corrected chi connectivity index (χ4v) is 3.55. The minimum atomic E-state index is -0.270. The van der Waals surface area contributed by atoms with Gasteiger partial charge in [0.2, 0.25) is 17.6 Å². The Balaban J connectivity index is 2.39. The highest BCUT2D eigenvalue weighted by Crippen LogP contribution is 2.45. The predicted octanol–water partition coefficient (Wildman–Crippen LogP) is 1.03. The zero-order chi connectivity index (χ0) is 17.0. The molecular formula is C15H20N2O5S. The maximum atomic E-state index is 12.1. The smallest absolute Gasteiger partial charge is 0.239 e. The van der Waals surface area contributed by atoms with Crippen LogP contribution in [0.5, 0.6) is 17.2 Å². The fraction of sp³-hybridized carbons (Fsp3) is 0.467. The van der Waals surface area contributed by atoms with Gasteiger partial charge in [0.25, 0.3) is 0 Å². The number of carbonyl (C=O) groups is 2. The number of nitrogens with zero attached hydrogens (tertiary/aromatic N) is 1. The van der Waals surface area contributed by atoms with Gasteiger partial charge in [0.1, 0.15) is 11.9 Å². The summed E-state index contributed by atoms with van der Waals surface area (Å²) in [4.78, 5) is 25.3. The van der Waals surface area contributed by atoms with Gasteiger partial charge in [-0.05, 0) is 17.7 Å². The summed E-state index contributed by atoms with van der Waals surface area (Å²) in [5.74, 6) is 1.57. The number of benzene rings is 1. The second-order valence-electron chi connectivity index (χ2n) is 4.82. The van der Waals surface area contributed by atoms with E-state index in [0.717, 1.165) is 5.56 Å². The Hall–Kier alpha value is -2.09. The maximum Gasteiger partial charge on any atom is 0.239 e. The third-order valence-electron chi connectivity index (χ3n) is 3.53. The molecule has 1 saturated heterocycles. The first-order chi connectivity index (χ1) is 11.0. The van der Waals surface area contributed by atoms with Crippen molar-refractivity contribution < 1.29 is 23.8 Å². The predicted molar refractivity (Wildman–Crippen MR) is 87.1 cm³/mol. The van der Waals surface area contributed by atoms with Crippen LogP contribution in [0.25, 0.3) is 0 Å². The highest BCUT2D eigenvalue weighted by molar-refractivity contribution is 8.00. The van der Waals surface area contributed by atoms with Crippen molar-refractivity contribution in [3.05, 3.63) is 17.7 Å². The van der Waals surface area contributed by atoms with Gasteiger partial charge in [-0.1, -0.05) is 0 Å². The lowest BCUT2D eigenvalue weighted by atomic mass is 10.1. The molecule has 1 atom stereocenters. The van der Waals surface area contributed by atoms with E-state index in [4.69, 9.17) is 14.2 Å². The Labute approximate surface area is 139 Å². The van der Waals surface area contributed by atoms with E-state index in [-0.39, 0.29) is 23.7 Å². The molecule has 126 valence electrons. The van der Waals surface area contributed by atoms with Crippen molar-refractivity contribution in [2.75, 3.05) is 40.7 Å². The molecule has 1 aromatic carbocycles. The number of hydrogen-bond donors (Lipinski definition) is 1. The molecule has 1 N–H and O–H groups in total. The molecule has 7 nitrogen and oxygen atoms in total. The van der Waals surface area contributed by atoms with Crippen molar-refractivity contribution in [3.63, 3.8) is 0 Å². The molecule has 1 fully saturated rings. The highest BCUT2D eigenvalue weighted by Gasteiger charge is 2.35. The molecule has 2 rings (SSSR count). The van der Waals surface area contributed by atoms with E-state index >= 15 is 0 Å². The van der Waals surface area contributed by atoms with E-state index in [9.17, 15) is 9.59 Å². The number of likely N-dealkylation sites (N-methyl/N-ethyl adjacent to an activating group) is 1. The number of nitrogens with one attached hydrogen (secondary N) is 1. The van der Waals surface area contributed by atoms with Crippen LogP contribution in [0.2, 0.25) is 0 Å². The van der Waals surface area contributed by atoms with Gasteiger partial charge in [0.15, 0.2) is 11.5 Å². The highest BCUT2D eigenvalue weighted by atomic mass is 32.2. The van der Waals surface area contributed by atoms with Crippen LogP contribution >= 0.6 is 11.8 Å². The van der Waals surface area contributed by atoms with E-state index in [1.165, 1.54) is 33.1 Å². The largest absolute Gasteiger partial charge is 0.493 e. The van der Waals surface area contributed by atoms with Gasteiger partial charge < -0.3 is 24.4 Å². The number of methoxy groups -OCH3 is 3. The van der Waals surface area contributed by atoms with E-state index in [0.29, 0.717) is 23.0 Å². The molecule has 1 aliphatic rings. The van der Waals surface area contributed by atoms with Crippen molar-refractivity contribution in [2.45, 2.75) is 5.37 Å². The Morgan fingerprint density at radius 2 is 1.87 bits per heavy atom. The minimum absolute atomic E-state index is 0.0175. The van der Waals surface area contributed by atoms with Crippen molar-refractivity contribution >= 4 is 23.6 Å². The molecule has 0 aromatic heterocycles. The lowest BCUT2D eigenvalue weighted by molar-refractivity contribution is -0.133. The average molecular weight is 340 g/mol. The minimum Gasteiger partial charge on any atom is -0.493 e. The molecule has 2 amide bonds. The first-order valence-corrected chi connectivity index (χ1v) is 8.02. The third kappa shape index (κ3) is 3.47. The monoisotopic (exact) mass is 340 g/mol. The van der Waals surface area contributed by atoms with Gasteiger partial charge in [0.05, 0.1) is 27.1 Å². The third-order valence-corrected chi connectivity index (χ3v) is 4.79. The molecule has 0 radical (unpaired) electrons. The van der Waals surface area contributed by atoms with Crippen LogP contribution in [0, 0.1) is 0 Å². The van der Waals surface area contributed by atoms with E-state index in [2.05, 4.69) is 5.32 Å². The van der Waals surface area contributed by atoms with Crippen LogP contribution in [0.15, 0.2) is 12.1 Å². The van der Waals surface area contributed by atoms with Crippen molar-refractivity contribution in [1.29, 1.82) is 0 Å². The zero-order valence-electron chi connectivity index (χ0n) is 13.5. The standard InChI is InChI=1S/C15H20N2O5S/c1-16-12(18)7-17-13(19)8-23-15(17)9-5-10(20-2)14(22-4)11(6-9)21-3/h5-6,15H,7-8H2,1-4H3,(H,16,18). The van der Waals surface area contributed by atoms with Crippen LogP contribution < -0.4 is 19.5 Å². The lowest BCUT2D eigenvalue weighted by Crippen LogP contribution is -2.37. The van der Waals surface area contributed by atoms with E-state index in [1.54, 1.807) is 24.1 Å². The van der Waals surface area contributed by atoms with Gasteiger partial charge in [0, 0.05) is 7.05 Å². The van der Waals surface area contributed by atoms with Gasteiger partial charge in [-0.3, -0.25) is 9.59 Å². The van der Waals surface area contributed by atoms with Crippen LogP contribution in [0.1, 0.15) is 10.9 Å². The summed E-state index contributed by atoms with van der Waals surface area (Å²) < 4.78 is 16.0. The zero-order valence-corrected chi connectivity index (χ0v) is 14.4. The van der Waals surface area contributed by atoms with Crippen molar-refractivity contribution in [3.8, 4) is 17.2 Å². The Morgan fingerprint density at radius 1 is 1.26 bits per heavy atom. The molecular weight excluding hydrogens is 320 g/mol. The number of ether oxygens (including phenoxy) is 3. The molecule has 0 spiro atoms. The maximum absolute atomic E-state index is 12.1. The topological polar surface area (TPSA) is 77.1 Å². The number of amides is 2. The summed E-state index contributed by atoms with van der Waals surface area (Å²) in [5, 5.41) is 2.27. The lowest BCUT2D eigenvalue weighted by Gasteiger charge is -2.24. The second-order valence-corrected chi connectivity index (χ2v) is 5.89. The van der Waals surface area contributed by atoms with Gasteiger partial charge in [-0.2, -0.15) is 0 Å². The summed E-state index contributed by atoms with van der Waals surface area (Å²) in [7, 11) is 6.16. The molecule has 1 unspecified atom stereocenters.